The Balaban J connectivity index is 1.26. The van der Waals surface area contributed by atoms with Gasteiger partial charge in [-0.15, -0.1) is 0 Å². The van der Waals surface area contributed by atoms with E-state index in [0.29, 0.717) is 16.3 Å². The maximum Gasteiger partial charge on any atom is 0.347 e. The molecule has 2 amide bonds. The molecule has 0 spiro atoms. The quantitative estimate of drug-likeness (QED) is 0.120. The van der Waals surface area contributed by atoms with E-state index in [4.69, 9.17) is 30.5 Å². The maximum atomic E-state index is 13.8. The third-order valence-electron chi connectivity index (χ3n) is 11.1. The van der Waals surface area contributed by atoms with Crippen molar-refractivity contribution < 1.29 is 38.1 Å². The van der Waals surface area contributed by atoms with Crippen LogP contribution in [0.15, 0.2) is 54.6 Å². The van der Waals surface area contributed by atoms with E-state index in [9.17, 15) is 19.2 Å². The minimum Gasteiger partial charge on any atom is -0.495 e. The molecule has 0 aromatic heterocycles. The van der Waals surface area contributed by atoms with Crippen LogP contribution in [0.4, 0.5) is 0 Å². The van der Waals surface area contributed by atoms with E-state index in [0.717, 1.165) is 44.8 Å². The molecule has 2 N–H and O–H groups in total. The molecule has 7 atom stereocenters. The number of methoxy groups -OCH3 is 1. The lowest BCUT2D eigenvalue weighted by Crippen LogP contribution is -2.49. The first kappa shape index (κ1) is 47.8. The Hall–Kier alpha value is -3.27. The zero-order chi connectivity index (χ0) is 43.6. The monoisotopic (exact) mass is 886 g/mol. The predicted molar refractivity (Wildman–Crippen MR) is 239 cm³/mol. The molecule has 2 aromatic rings. The van der Waals surface area contributed by atoms with Crippen molar-refractivity contribution in [2.24, 2.45) is 17.8 Å². The highest BCUT2D eigenvalue weighted by Gasteiger charge is 2.48. The lowest BCUT2D eigenvalue weighted by Gasteiger charge is -2.38. The lowest BCUT2D eigenvalue weighted by atomic mass is 9.93. The summed E-state index contributed by atoms with van der Waals surface area (Å²) in [5.74, 6) is -2.82. The van der Waals surface area contributed by atoms with Gasteiger partial charge in [-0.3, -0.25) is 24.2 Å². The number of ether oxygens (including phenoxy) is 4. The SMILES string of the molecule is COc1ccc(C[C@H]2NC(=O)/C=C/C[C@@H](C(C)[C@H]3O[C@@H]3c3ccc(CN4CCN(CC(C)(C)SSC)CC4)cc3)OC(=O)[C@H](CC(C)C)OC(=O)[C@H](C)CNC2=O)cc1Cl. The summed E-state index contributed by atoms with van der Waals surface area (Å²) in [4.78, 5) is 58.9. The van der Waals surface area contributed by atoms with Crippen LogP contribution in [0.25, 0.3) is 0 Å². The molecule has 2 saturated heterocycles. The Kier molecular flexibility index (Phi) is 17.7. The van der Waals surface area contributed by atoms with Gasteiger partial charge in [-0.2, -0.15) is 0 Å². The Morgan fingerprint density at radius 2 is 1.63 bits per heavy atom. The van der Waals surface area contributed by atoms with E-state index in [2.05, 4.69) is 64.8 Å². The normalized spacial score (nSPS) is 26.4. The number of carbonyl (C=O) groups excluding carboxylic acids is 4. The van der Waals surface area contributed by atoms with Crippen LogP contribution in [0, 0.1) is 17.8 Å². The molecule has 0 aliphatic carbocycles. The van der Waals surface area contributed by atoms with E-state index >= 15 is 0 Å². The summed E-state index contributed by atoms with van der Waals surface area (Å²) in [6.45, 7) is 18.2. The van der Waals surface area contributed by atoms with E-state index < -0.39 is 47.9 Å². The van der Waals surface area contributed by atoms with Gasteiger partial charge in [-0.1, -0.05) is 97.3 Å². The molecule has 0 radical (unpaired) electrons. The minimum absolute atomic E-state index is 0.0211. The third-order valence-corrected chi connectivity index (χ3v) is 14.0. The number of benzene rings is 2. The second-order valence-corrected chi connectivity index (χ2v) is 20.7. The number of halogens is 1. The zero-order valence-electron chi connectivity index (χ0n) is 36.2. The number of nitrogens with zero attached hydrogens (tertiary/aromatic N) is 2. The van der Waals surface area contributed by atoms with Crippen molar-refractivity contribution in [3.05, 3.63) is 76.3 Å². The van der Waals surface area contributed by atoms with Gasteiger partial charge >= 0.3 is 11.9 Å². The Bertz CT molecular complexity index is 1810. The molecule has 15 heteroatoms. The third kappa shape index (κ3) is 14.1. The van der Waals surface area contributed by atoms with Gasteiger partial charge in [0.05, 0.1) is 24.2 Å². The molecule has 3 aliphatic rings. The molecule has 0 bridgehead atoms. The van der Waals surface area contributed by atoms with Gasteiger partial charge < -0.3 is 29.6 Å². The molecule has 1 unspecified atom stereocenters. The number of esters is 2. The average molecular weight is 888 g/mol. The number of epoxide rings is 1. The average Bonchev–Trinajstić information content (AvgIpc) is 4.00. The molecule has 0 saturated carbocycles. The van der Waals surface area contributed by atoms with Crippen LogP contribution < -0.4 is 15.4 Å². The fourth-order valence-corrected chi connectivity index (χ4v) is 10.2. The summed E-state index contributed by atoms with van der Waals surface area (Å²) < 4.78 is 23.6. The lowest BCUT2D eigenvalue weighted by molar-refractivity contribution is -0.176. The van der Waals surface area contributed by atoms with E-state index in [-0.39, 0.29) is 54.6 Å². The van der Waals surface area contributed by atoms with Crippen molar-refractivity contribution in [2.75, 3.05) is 52.6 Å². The van der Waals surface area contributed by atoms with Gasteiger partial charge in [-0.25, -0.2) is 4.79 Å². The molecular formula is C45H63ClN4O8S2. The van der Waals surface area contributed by atoms with E-state index in [1.165, 1.54) is 18.7 Å². The molecule has 5 rings (SSSR count). The maximum absolute atomic E-state index is 13.8. The number of rotatable bonds is 14. The molecule has 3 heterocycles. The highest BCUT2D eigenvalue weighted by atomic mass is 35.5. The van der Waals surface area contributed by atoms with Crippen molar-refractivity contribution in [1.29, 1.82) is 0 Å². The van der Waals surface area contributed by atoms with Gasteiger partial charge in [0.15, 0.2) is 6.10 Å². The summed E-state index contributed by atoms with van der Waals surface area (Å²) in [5.41, 5.74) is 3.00. The Morgan fingerprint density at radius 1 is 0.950 bits per heavy atom. The molecule has 3 aliphatic heterocycles. The Labute approximate surface area is 368 Å². The summed E-state index contributed by atoms with van der Waals surface area (Å²) >= 11 is 6.36. The number of piperazine rings is 1. The van der Waals surface area contributed by atoms with Gasteiger partial charge in [-0.05, 0) is 67.3 Å². The van der Waals surface area contributed by atoms with Crippen LogP contribution in [0.5, 0.6) is 5.75 Å². The number of hydrogen-bond acceptors (Lipinski definition) is 12. The standard InChI is InChI=1S/C45H63ClN4O8S2/c1-28(2)22-38-44(54)56-36(10-9-11-39(51)48-35(42(52)47-25-29(3)43(53)57-38)24-32-14-17-37(55-7)34(46)23-32)30(4)40-41(58-40)33-15-12-31(13-16-33)26-49-18-20-50(21-19-49)27-45(5,6)60-59-8/h9,11-17,23,28-30,35-36,38,40-41H,10,18-22,24-27H2,1-8H3,(H,47,52)(H,48,51)/b11-9+/t29-,30?,35-,36+,38+,40-,41-/m1/s1. The second-order valence-electron chi connectivity index (χ2n) is 17.2. The first-order valence-electron chi connectivity index (χ1n) is 20.9. The number of hydrogen-bond donors (Lipinski definition) is 2. The van der Waals surface area contributed by atoms with Crippen molar-refractivity contribution in [2.45, 2.75) is 103 Å². The van der Waals surface area contributed by atoms with Gasteiger partial charge in [0.1, 0.15) is 24.0 Å². The van der Waals surface area contributed by atoms with Crippen LogP contribution in [0.3, 0.4) is 0 Å². The Morgan fingerprint density at radius 3 is 2.28 bits per heavy atom. The van der Waals surface area contributed by atoms with Crippen LogP contribution in [-0.4, -0.2) is 115 Å². The summed E-state index contributed by atoms with van der Waals surface area (Å²) in [7, 11) is 5.28. The molecule has 330 valence electrons. The van der Waals surface area contributed by atoms with Gasteiger partial charge in [0.2, 0.25) is 11.8 Å². The van der Waals surface area contributed by atoms with Gasteiger partial charge in [0, 0.05) is 69.3 Å². The van der Waals surface area contributed by atoms with E-state index in [1.54, 1.807) is 31.2 Å². The van der Waals surface area contributed by atoms with Gasteiger partial charge in [0.25, 0.3) is 0 Å². The van der Waals surface area contributed by atoms with Crippen LogP contribution in [0.1, 0.15) is 77.2 Å². The fraction of sp³-hybridized carbons (Fsp3) is 0.600. The highest BCUT2D eigenvalue weighted by molar-refractivity contribution is 8.77. The smallest absolute Gasteiger partial charge is 0.347 e. The van der Waals surface area contributed by atoms with Crippen molar-refractivity contribution in [3.63, 3.8) is 0 Å². The summed E-state index contributed by atoms with van der Waals surface area (Å²) in [6, 6.07) is 12.7. The largest absolute Gasteiger partial charge is 0.495 e. The first-order valence-corrected chi connectivity index (χ1v) is 23.9. The van der Waals surface area contributed by atoms with Crippen molar-refractivity contribution in [3.8, 4) is 5.75 Å². The molecular weight excluding hydrogens is 824 g/mol. The summed E-state index contributed by atoms with van der Waals surface area (Å²) in [6.07, 6.45) is 3.46. The van der Waals surface area contributed by atoms with E-state index in [1.807, 2.05) is 42.4 Å². The number of amides is 2. The predicted octanol–water partition coefficient (Wildman–Crippen LogP) is 6.64. The van der Waals surface area contributed by atoms with Crippen LogP contribution >= 0.6 is 33.2 Å². The first-order chi connectivity index (χ1) is 28.5. The molecule has 2 aromatic carbocycles. The van der Waals surface area contributed by atoms with Crippen molar-refractivity contribution >= 4 is 56.9 Å². The fourth-order valence-electron chi connectivity index (χ4n) is 7.71. The molecule has 2 fully saturated rings. The zero-order valence-corrected chi connectivity index (χ0v) is 38.6. The number of nitrogens with one attached hydrogen (secondary N) is 2. The number of cyclic esters (lactones) is 2. The molecule has 12 nitrogen and oxygen atoms in total. The minimum atomic E-state index is -1.14. The summed E-state index contributed by atoms with van der Waals surface area (Å²) in [5, 5.41) is 5.92. The number of carbonyl (C=O) groups is 4. The highest BCUT2D eigenvalue weighted by Crippen LogP contribution is 2.45. The van der Waals surface area contributed by atoms with Crippen LogP contribution in [0.2, 0.25) is 5.02 Å². The van der Waals surface area contributed by atoms with Crippen molar-refractivity contribution in [1.82, 2.24) is 20.4 Å². The molecule has 60 heavy (non-hydrogen) atoms. The second kappa shape index (κ2) is 22.2. The topological polar surface area (TPSA) is 139 Å². The van der Waals surface area contributed by atoms with Crippen LogP contribution in [-0.2, 0) is 46.4 Å².